The largest absolute Gasteiger partial charge is 1.00 e. The monoisotopic (exact) mass is 350 g/mol. The molecule has 0 aliphatic rings. The Labute approximate surface area is 168 Å². The predicted octanol–water partition coefficient (Wildman–Crippen LogP) is -1.01. The Morgan fingerprint density at radius 2 is 1.57 bits per heavy atom. The van der Waals surface area contributed by atoms with Crippen LogP contribution in [0.3, 0.4) is 0 Å². The number of carboxylic acids is 2. The molecule has 7 nitrogen and oxygen atoms in total. The van der Waals surface area contributed by atoms with Crippen LogP contribution in [0.5, 0.6) is 0 Å². The van der Waals surface area contributed by atoms with Crippen molar-refractivity contribution in [3.8, 4) is 0 Å². The van der Waals surface area contributed by atoms with E-state index in [4.69, 9.17) is 14.8 Å². The van der Waals surface area contributed by atoms with Gasteiger partial charge in [-0.15, -0.1) is 0 Å². The molecule has 9 heteroatoms. The fraction of sp³-hybridized carbons (Fsp3) is 0.750. The molecule has 1 atom stereocenters. The Morgan fingerprint density at radius 1 is 1.10 bits per heavy atom. The van der Waals surface area contributed by atoms with E-state index in [9.17, 15) is 18.0 Å². The van der Waals surface area contributed by atoms with E-state index in [1.807, 2.05) is 0 Å². The summed E-state index contributed by atoms with van der Waals surface area (Å²) in [6, 6.07) is 0. The summed E-state index contributed by atoms with van der Waals surface area (Å²) >= 11 is 0. The van der Waals surface area contributed by atoms with E-state index in [0.29, 0.717) is 0 Å². The van der Waals surface area contributed by atoms with Crippen molar-refractivity contribution in [1.82, 2.24) is 0 Å². The smallest absolute Gasteiger partial charge is 0.481 e. The van der Waals surface area contributed by atoms with Gasteiger partial charge in [-0.1, -0.05) is 39.0 Å². The average Bonchev–Trinajstić information content (AvgIpc) is 2.31. The topological polar surface area (TPSA) is 129 Å². The molecule has 0 aromatic rings. The van der Waals surface area contributed by atoms with E-state index in [2.05, 4.69) is 13.8 Å². The van der Waals surface area contributed by atoms with Crippen LogP contribution in [0.2, 0.25) is 0 Å². The third-order valence-corrected chi connectivity index (χ3v) is 3.44. The molecule has 3 N–H and O–H groups in total. The van der Waals surface area contributed by atoms with Crippen molar-refractivity contribution in [2.45, 2.75) is 57.1 Å². The maximum Gasteiger partial charge on any atom is 1.00 e. The van der Waals surface area contributed by atoms with Gasteiger partial charge in [-0.2, -0.15) is 14.8 Å². The Morgan fingerprint density at radius 3 is 1.81 bits per heavy atom. The van der Waals surface area contributed by atoms with Gasteiger partial charge in [0.05, 0.1) is 6.42 Å². The molecular formula is C12H23KO7S. The van der Waals surface area contributed by atoms with E-state index in [1.165, 1.54) is 32.1 Å². The number of unbranched alkanes of at least 4 members (excludes halogenated alkanes) is 5. The summed E-state index contributed by atoms with van der Waals surface area (Å²) in [7, 11) is -4.84. The van der Waals surface area contributed by atoms with E-state index in [0.717, 1.165) is 6.42 Å². The van der Waals surface area contributed by atoms with Gasteiger partial charge in [0.15, 0.2) is 5.25 Å². The molecule has 21 heavy (non-hydrogen) atoms. The van der Waals surface area contributed by atoms with Crippen molar-refractivity contribution in [1.29, 1.82) is 0 Å². The first-order chi connectivity index (χ1) is 9.16. The summed E-state index contributed by atoms with van der Waals surface area (Å²) in [4.78, 5) is 20.0. The molecule has 120 valence electrons. The van der Waals surface area contributed by atoms with Crippen molar-refractivity contribution >= 4 is 22.1 Å². The van der Waals surface area contributed by atoms with Gasteiger partial charge in [-0.3, -0.25) is 14.1 Å². The third-order valence-electron chi connectivity index (χ3n) is 2.35. The number of carbonyl (C=O) groups is 2. The summed E-state index contributed by atoms with van der Waals surface area (Å²) < 4.78 is 28.7. The summed E-state index contributed by atoms with van der Waals surface area (Å²) in [6.07, 6.45) is 6.82. The maximum atomic E-state index is 10.2. The molecular weight excluding hydrogens is 327 g/mol. The van der Waals surface area contributed by atoms with Crippen LogP contribution in [-0.2, 0) is 19.7 Å². The fourth-order valence-corrected chi connectivity index (χ4v) is 1.87. The van der Waals surface area contributed by atoms with Gasteiger partial charge in [0, 0.05) is 0 Å². The van der Waals surface area contributed by atoms with Crippen LogP contribution in [-0.4, -0.2) is 40.4 Å². The molecule has 0 spiro atoms. The Balaban J connectivity index is -0.000000317. The molecule has 0 aliphatic carbocycles. The first kappa shape index (κ1) is 26.4. The van der Waals surface area contributed by atoms with Crippen molar-refractivity contribution in [3.05, 3.63) is 6.92 Å². The molecule has 0 amide bonds. The van der Waals surface area contributed by atoms with E-state index in [-0.39, 0.29) is 51.4 Å². The molecule has 0 saturated carbocycles. The molecule has 0 aromatic carbocycles. The minimum absolute atomic E-state index is 0. The van der Waals surface area contributed by atoms with E-state index < -0.39 is 33.7 Å². The molecule has 0 aromatic heterocycles. The van der Waals surface area contributed by atoms with Gasteiger partial charge >= 0.3 is 63.3 Å². The molecule has 0 saturated heterocycles. The number of hydrogen-bond acceptors (Lipinski definition) is 4. The van der Waals surface area contributed by atoms with Gasteiger partial charge in [-0.05, 0) is 0 Å². The second-order valence-electron chi connectivity index (χ2n) is 4.21. The Bertz CT molecular complexity index is 375. The normalized spacial score (nSPS) is 11.6. The standard InChI is InChI=1S/C8H17.C4H6O7S.K/c1-3-5-7-8-6-4-2;5-3(6)1-2(4(7)8)12(9,10)11;/h1,3-8H2,2H3;2H,1H2,(H,5,6)(H,7,8)(H,9,10,11);/q-1;;+1. The summed E-state index contributed by atoms with van der Waals surface area (Å²) in [6.45, 7) is 6.02. The van der Waals surface area contributed by atoms with Crippen LogP contribution in [0, 0.1) is 6.92 Å². The summed E-state index contributed by atoms with van der Waals surface area (Å²) in [5, 5.41) is 13.9. The van der Waals surface area contributed by atoms with Gasteiger partial charge in [0.25, 0.3) is 10.1 Å². The average molecular weight is 350 g/mol. The van der Waals surface area contributed by atoms with Crippen molar-refractivity contribution in [2.75, 3.05) is 0 Å². The quantitative estimate of drug-likeness (QED) is 0.210. The fourth-order valence-electron chi connectivity index (χ4n) is 1.26. The van der Waals surface area contributed by atoms with Crippen LogP contribution in [0.4, 0.5) is 0 Å². The van der Waals surface area contributed by atoms with Gasteiger partial charge in [0.2, 0.25) is 0 Å². The molecule has 0 fully saturated rings. The van der Waals surface area contributed by atoms with E-state index in [1.54, 1.807) is 0 Å². The second kappa shape index (κ2) is 15.4. The first-order valence-electron chi connectivity index (χ1n) is 6.36. The molecule has 0 rings (SSSR count). The van der Waals surface area contributed by atoms with Gasteiger partial charge in [0.1, 0.15) is 0 Å². The SMILES string of the molecule is O=C(O)CC(C(=O)O)S(=O)(=O)O.[CH2-]CCCCCCC.[K+]. The number of hydrogen-bond donors (Lipinski definition) is 3. The summed E-state index contributed by atoms with van der Waals surface area (Å²) in [5.41, 5.74) is 0. The van der Waals surface area contributed by atoms with E-state index >= 15 is 0 Å². The third kappa shape index (κ3) is 18.4. The van der Waals surface area contributed by atoms with Crippen LogP contribution < -0.4 is 51.4 Å². The predicted molar refractivity (Wildman–Crippen MR) is 74.0 cm³/mol. The van der Waals surface area contributed by atoms with Crippen molar-refractivity contribution < 1.29 is 84.2 Å². The number of carboxylic acid groups (broad SMARTS) is 2. The van der Waals surface area contributed by atoms with Gasteiger partial charge in [-0.25, -0.2) is 0 Å². The number of rotatable bonds is 9. The van der Waals surface area contributed by atoms with Gasteiger partial charge < -0.3 is 17.1 Å². The molecule has 0 aliphatic heterocycles. The van der Waals surface area contributed by atoms with Crippen LogP contribution in [0.25, 0.3) is 0 Å². The summed E-state index contributed by atoms with van der Waals surface area (Å²) in [5.74, 6) is -3.50. The Hall–Kier alpha value is 0.486. The minimum Gasteiger partial charge on any atom is -0.481 e. The number of aliphatic carboxylic acids is 2. The van der Waals surface area contributed by atoms with Crippen LogP contribution in [0.1, 0.15) is 51.9 Å². The molecule has 0 radical (unpaired) electrons. The second-order valence-corrected chi connectivity index (χ2v) is 5.81. The van der Waals surface area contributed by atoms with Crippen LogP contribution >= 0.6 is 0 Å². The molecule has 0 bridgehead atoms. The van der Waals surface area contributed by atoms with Crippen LogP contribution in [0.15, 0.2) is 0 Å². The minimum atomic E-state index is -4.84. The zero-order valence-electron chi connectivity index (χ0n) is 12.6. The van der Waals surface area contributed by atoms with Crippen molar-refractivity contribution in [2.24, 2.45) is 0 Å². The van der Waals surface area contributed by atoms with Crippen molar-refractivity contribution in [3.63, 3.8) is 0 Å². The first-order valence-corrected chi connectivity index (χ1v) is 7.87. The maximum absolute atomic E-state index is 10.2. The zero-order valence-corrected chi connectivity index (χ0v) is 16.6. The molecule has 1 unspecified atom stereocenters. The Kier molecular flexibility index (Phi) is 19.3. The molecule has 0 heterocycles. The zero-order chi connectivity index (χ0) is 16.2.